The molecule has 0 saturated carbocycles. The van der Waals surface area contributed by atoms with Gasteiger partial charge in [-0.15, -0.1) is 0 Å². The molecule has 1 aromatic carbocycles. The molecule has 0 aliphatic heterocycles. The molecule has 102 valence electrons. The van der Waals surface area contributed by atoms with Crippen LogP contribution in [0.3, 0.4) is 0 Å². The van der Waals surface area contributed by atoms with Crippen LogP contribution in [0.4, 0.5) is 0 Å². The number of rotatable bonds is 4. The highest BCUT2D eigenvalue weighted by atomic mass is 79.9. The van der Waals surface area contributed by atoms with Crippen molar-refractivity contribution in [1.82, 2.24) is 14.8 Å². The first-order valence-corrected chi connectivity index (χ1v) is 7.22. The number of hydrogen-bond donors (Lipinski definition) is 1. The average molecular weight is 342 g/mol. The molecule has 2 aromatic rings. The van der Waals surface area contributed by atoms with Crippen LogP contribution in [0, 0.1) is 10.7 Å². The fourth-order valence-electron chi connectivity index (χ4n) is 1.88. The Kier molecular flexibility index (Phi) is 4.42. The molecular weight excluding hydrogens is 326 g/mol. The highest BCUT2D eigenvalue weighted by Gasteiger charge is 2.11. The van der Waals surface area contributed by atoms with E-state index in [1.54, 1.807) is 7.11 Å². The molecule has 1 N–H and O–H groups in total. The van der Waals surface area contributed by atoms with Crippen LogP contribution in [-0.2, 0) is 6.54 Å². The van der Waals surface area contributed by atoms with Crippen LogP contribution in [0.25, 0.3) is 11.4 Å². The minimum absolute atomic E-state index is 0.504. The van der Waals surface area contributed by atoms with Crippen LogP contribution in [0.2, 0.25) is 0 Å². The van der Waals surface area contributed by atoms with Gasteiger partial charge in [0.2, 0.25) is 0 Å². The van der Waals surface area contributed by atoms with Gasteiger partial charge in [0.05, 0.1) is 11.6 Å². The van der Waals surface area contributed by atoms with E-state index in [0.717, 1.165) is 28.2 Å². The van der Waals surface area contributed by atoms with E-state index in [9.17, 15) is 0 Å². The standard InChI is InChI=1S/C13H16BrN3OS/c1-8(2)7-17-12(15-16-13(17)19)9-4-5-11(18-3)10(14)6-9/h4-6,8H,7H2,1-3H3,(H,16,19). The van der Waals surface area contributed by atoms with Gasteiger partial charge in [-0.05, 0) is 52.3 Å². The average Bonchev–Trinajstić information content (AvgIpc) is 2.70. The molecule has 2 rings (SSSR count). The summed E-state index contributed by atoms with van der Waals surface area (Å²) in [7, 11) is 1.65. The summed E-state index contributed by atoms with van der Waals surface area (Å²) in [4.78, 5) is 0. The van der Waals surface area contributed by atoms with Crippen molar-refractivity contribution in [3.05, 3.63) is 27.4 Å². The normalized spacial score (nSPS) is 11.0. The summed E-state index contributed by atoms with van der Waals surface area (Å²) in [6, 6.07) is 5.88. The number of methoxy groups -OCH3 is 1. The van der Waals surface area contributed by atoms with Crippen molar-refractivity contribution in [2.24, 2.45) is 5.92 Å². The van der Waals surface area contributed by atoms with E-state index in [1.165, 1.54) is 0 Å². The molecule has 6 heteroatoms. The largest absolute Gasteiger partial charge is 0.496 e. The van der Waals surface area contributed by atoms with E-state index < -0.39 is 0 Å². The molecule has 19 heavy (non-hydrogen) atoms. The van der Waals surface area contributed by atoms with Crippen molar-refractivity contribution < 1.29 is 4.74 Å². The summed E-state index contributed by atoms with van der Waals surface area (Å²) in [6.45, 7) is 5.15. The van der Waals surface area contributed by atoms with Gasteiger partial charge in [-0.25, -0.2) is 0 Å². The first-order valence-electron chi connectivity index (χ1n) is 6.02. The van der Waals surface area contributed by atoms with E-state index in [-0.39, 0.29) is 0 Å². The highest BCUT2D eigenvalue weighted by Crippen LogP contribution is 2.29. The van der Waals surface area contributed by atoms with Gasteiger partial charge in [0.15, 0.2) is 10.6 Å². The van der Waals surface area contributed by atoms with E-state index >= 15 is 0 Å². The minimum Gasteiger partial charge on any atom is -0.496 e. The molecule has 0 radical (unpaired) electrons. The maximum absolute atomic E-state index is 5.28. The first-order chi connectivity index (χ1) is 9.02. The summed E-state index contributed by atoms with van der Waals surface area (Å²) in [6.07, 6.45) is 0. The predicted molar refractivity (Wildman–Crippen MR) is 81.9 cm³/mol. The minimum atomic E-state index is 0.504. The van der Waals surface area contributed by atoms with Gasteiger partial charge in [-0.3, -0.25) is 9.67 Å². The zero-order valence-electron chi connectivity index (χ0n) is 11.1. The quantitative estimate of drug-likeness (QED) is 0.853. The Morgan fingerprint density at radius 3 is 2.79 bits per heavy atom. The van der Waals surface area contributed by atoms with Gasteiger partial charge >= 0.3 is 0 Å². The first kappa shape index (κ1) is 14.3. The second-order valence-corrected chi connectivity index (χ2v) is 5.95. The summed E-state index contributed by atoms with van der Waals surface area (Å²) in [5, 5.41) is 7.18. The van der Waals surface area contributed by atoms with Crippen LogP contribution in [0.15, 0.2) is 22.7 Å². The molecule has 0 atom stereocenters. The Bertz CT molecular complexity index is 633. The van der Waals surface area contributed by atoms with Crippen LogP contribution < -0.4 is 4.74 Å². The van der Waals surface area contributed by atoms with Crippen molar-refractivity contribution in [3.8, 4) is 17.1 Å². The number of nitrogens with one attached hydrogen (secondary N) is 1. The molecule has 0 bridgehead atoms. The molecule has 0 unspecified atom stereocenters. The third-order valence-corrected chi connectivity index (χ3v) is 3.65. The monoisotopic (exact) mass is 341 g/mol. The third kappa shape index (κ3) is 3.06. The fraction of sp³-hybridized carbons (Fsp3) is 0.385. The van der Waals surface area contributed by atoms with Crippen molar-refractivity contribution in [1.29, 1.82) is 0 Å². The van der Waals surface area contributed by atoms with Crippen LogP contribution in [-0.4, -0.2) is 21.9 Å². The van der Waals surface area contributed by atoms with Gasteiger partial charge in [-0.1, -0.05) is 13.8 Å². The zero-order valence-corrected chi connectivity index (χ0v) is 13.5. The number of halogens is 1. The summed E-state index contributed by atoms with van der Waals surface area (Å²) in [5.41, 5.74) is 1.00. The molecule has 0 aliphatic carbocycles. The second-order valence-electron chi connectivity index (χ2n) is 4.71. The number of hydrogen-bond acceptors (Lipinski definition) is 3. The van der Waals surface area contributed by atoms with Gasteiger partial charge in [0.1, 0.15) is 5.75 Å². The molecule has 0 spiro atoms. The van der Waals surface area contributed by atoms with Crippen molar-refractivity contribution in [2.75, 3.05) is 7.11 Å². The summed E-state index contributed by atoms with van der Waals surface area (Å²) < 4.78 is 8.80. The topological polar surface area (TPSA) is 42.8 Å². The van der Waals surface area contributed by atoms with Crippen LogP contribution in [0.5, 0.6) is 5.75 Å². The number of nitrogens with zero attached hydrogens (tertiary/aromatic N) is 2. The van der Waals surface area contributed by atoms with E-state index in [1.807, 2.05) is 22.8 Å². The molecule has 0 amide bonds. The van der Waals surface area contributed by atoms with Gasteiger partial charge in [0.25, 0.3) is 0 Å². The number of aromatic nitrogens is 3. The van der Waals surface area contributed by atoms with Crippen molar-refractivity contribution in [3.63, 3.8) is 0 Å². The van der Waals surface area contributed by atoms with E-state index in [2.05, 4.69) is 40.0 Å². The van der Waals surface area contributed by atoms with Crippen molar-refractivity contribution >= 4 is 28.1 Å². The summed E-state index contributed by atoms with van der Waals surface area (Å²) in [5.74, 6) is 2.15. The maximum Gasteiger partial charge on any atom is 0.195 e. The number of benzene rings is 1. The molecule has 0 aliphatic rings. The number of aromatic amines is 1. The Labute approximate surface area is 125 Å². The molecule has 1 aromatic heterocycles. The SMILES string of the molecule is COc1ccc(-c2n[nH]c(=S)n2CC(C)C)cc1Br. The lowest BCUT2D eigenvalue weighted by atomic mass is 10.2. The van der Waals surface area contributed by atoms with Gasteiger partial charge in [-0.2, -0.15) is 5.10 Å². The smallest absolute Gasteiger partial charge is 0.195 e. The van der Waals surface area contributed by atoms with Crippen LogP contribution >= 0.6 is 28.1 Å². The fourth-order valence-corrected chi connectivity index (χ4v) is 2.63. The number of ether oxygens (including phenoxy) is 1. The maximum atomic E-state index is 5.28. The van der Waals surface area contributed by atoms with E-state index in [4.69, 9.17) is 17.0 Å². The Balaban J connectivity index is 2.47. The van der Waals surface area contributed by atoms with Gasteiger partial charge < -0.3 is 4.74 Å². The van der Waals surface area contributed by atoms with E-state index in [0.29, 0.717) is 10.7 Å². The lowest BCUT2D eigenvalue weighted by Crippen LogP contribution is -2.06. The molecule has 1 heterocycles. The third-order valence-electron chi connectivity index (χ3n) is 2.72. The predicted octanol–water partition coefficient (Wildman–Crippen LogP) is 4.03. The van der Waals surface area contributed by atoms with Gasteiger partial charge in [0, 0.05) is 12.1 Å². The zero-order chi connectivity index (χ0) is 14.0. The number of H-pyrrole nitrogens is 1. The Morgan fingerprint density at radius 2 is 2.21 bits per heavy atom. The van der Waals surface area contributed by atoms with Crippen molar-refractivity contribution in [2.45, 2.75) is 20.4 Å². The lowest BCUT2D eigenvalue weighted by Gasteiger charge is -2.10. The Hall–Kier alpha value is -1.14. The lowest BCUT2D eigenvalue weighted by molar-refractivity contribution is 0.412. The van der Waals surface area contributed by atoms with Crippen LogP contribution in [0.1, 0.15) is 13.8 Å². The molecule has 0 fully saturated rings. The molecule has 4 nitrogen and oxygen atoms in total. The Morgan fingerprint density at radius 1 is 1.47 bits per heavy atom. The molecular formula is C13H16BrN3OS. The summed E-state index contributed by atoms with van der Waals surface area (Å²) >= 11 is 8.77. The molecule has 0 saturated heterocycles. The highest BCUT2D eigenvalue weighted by molar-refractivity contribution is 9.10. The second kappa shape index (κ2) is 5.88.